The molecule has 1 aromatic carbocycles. The van der Waals surface area contributed by atoms with E-state index in [2.05, 4.69) is 4.99 Å². The van der Waals surface area contributed by atoms with Crippen LogP contribution in [0.25, 0.3) is 6.08 Å². The third kappa shape index (κ3) is 4.28. The van der Waals surface area contributed by atoms with E-state index in [-0.39, 0.29) is 30.0 Å². The monoisotopic (exact) mass is 364 g/mol. The Morgan fingerprint density at radius 3 is 2.69 bits per heavy atom. The van der Waals surface area contributed by atoms with Crippen LogP contribution in [0.4, 0.5) is 8.63 Å². The van der Waals surface area contributed by atoms with Crippen molar-refractivity contribution in [3.63, 3.8) is 0 Å². The lowest BCUT2D eigenvalue weighted by atomic mass is 9.81. The SMILES string of the molecule is CCC(CCN1C(=O)/C(=C/c2ccc(O)cc2B(F)F)N=C1C)C(=O)O. The highest BCUT2D eigenvalue weighted by molar-refractivity contribution is 6.61. The number of carbonyl (C=O) groups is 2. The van der Waals surface area contributed by atoms with Gasteiger partial charge in [-0.15, -0.1) is 0 Å². The van der Waals surface area contributed by atoms with Gasteiger partial charge in [0.05, 0.1) is 5.92 Å². The van der Waals surface area contributed by atoms with Crippen LogP contribution in [0.15, 0.2) is 28.9 Å². The molecule has 0 aliphatic carbocycles. The largest absolute Gasteiger partial charge is 0.572 e. The fraction of sp³-hybridized carbons (Fsp3) is 0.353. The molecule has 0 fully saturated rings. The molecule has 0 bridgehead atoms. The number of carboxylic acids is 1. The molecule has 1 heterocycles. The van der Waals surface area contributed by atoms with Gasteiger partial charge in [-0.2, -0.15) is 0 Å². The summed E-state index contributed by atoms with van der Waals surface area (Å²) >= 11 is 0. The molecule has 9 heteroatoms. The summed E-state index contributed by atoms with van der Waals surface area (Å²) in [6, 6.07) is 3.50. The summed E-state index contributed by atoms with van der Waals surface area (Å²) in [5, 5.41) is 18.5. The number of hydrogen-bond acceptors (Lipinski definition) is 4. The summed E-state index contributed by atoms with van der Waals surface area (Å²) in [5.41, 5.74) is -0.302. The zero-order valence-corrected chi connectivity index (χ0v) is 14.4. The van der Waals surface area contributed by atoms with Crippen molar-refractivity contribution in [3.8, 4) is 5.75 Å². The number of rotatable bonds is 7. The zero-order chi connectivity index (χ0) is 19.4. The molecule has 0 saturated carbocycles. The molecule has 0 spiro atoms. The Morgan fingerprint density at radius 1 is 1.42 bits per heavy atom. The molecule has 26 heavy (non-hydrogen) atoms. The third-order valence-corrected chi connectivity index (χ3v) is 4.28. The van der Waals surface area contributed by atoms with Crippen LogP contribution in [0.1, 0.15) is 32.3 Å². The summed E-state index contributed by atoms with van der Waals surface area (Å²) in [6.07, 6.45) is 1.97. The lowest BCUT2D eigenvalue weighted by Gasteiger charge is -2.18. The van der Waals surface area contributed by atoms with Gasteiger partial charge < -0.3 is 10.2 Å². The van der Waals surface area contributed by atoms with Gasteiger partial charge in [0.25, 0.3) is 5.91 Å². The fourth-order valence-electron chi connectivity index (χ4n) is 2.74. The lowest BCUT2D eigenvalue weighted by molar-refractivity contribution is -0.142. The maximum absolute atomic E-state index is 13.1. The topological polar surface area (TPSA) is 90.2 Å². The number of phenols is 1. The van der Waals surface area contributed by atoms with Gasteiger partial charge in [0.1, 0.15) is 17.3 Å². The number of carbonyl (C=O) groups excluding carboxylic acids is 1. The highest BCUT2D eigenvalue weighted by atomic mass is 19.2. The second-order valence-electron chi connectivity index (χ2n) is 5.99. The second-order valence-corrected chi connectivity index (χ2v) is 5.99. The smallest absolute Gasteiger partial charge is 0.508 e. The van der Waals surface area contributed by atoms with E-state index in [0.29, 0.717) is 12.3 Å². The first-order chi connectivity index (χ1) is 12.2. The van der Waals surface area contributed by atoms with Crippen molar-refractivity contribution in [1.29, 1.82) is 0 Å². The predicted octanol–water partition coefficient (Wildman–Crippen LogP) is 2.13. The number of hydrogen-bond donors (Lipinski definition) is 2. The maximum Gasteiger partial charge on any atom is 0.572 e. The summed E-state index contributed by atoms with van der Waals surface area (Å²) in [7, 11) is -2.81. The van der Waals surface area contributed by atoms with E-state index < -0.39 is 30.5 Å². The van der Waals surface area contributed by atoms with Crippen LogP contribution in [0.3, 0.4) is 0 Å². The number of aliphatic carboxylic acids is 1. The molecular weight excluding hydrogens is 345 g/mol. The molecule has 0 aromatic heterocycles. The molecule has 1 unspecified atom stereocenters. The van der Waals surface area contributed by atoms with Gasteiger partial charge in [0, 0.05) is 12.0 Å². The van der Waals surface area contributed by atoms with Crippen LogP contribution in [-0.4, -0.2) is 46.6 Å². The molecule has 1 amide bonds. The van der Waals surface area contributed by atoms with Gasteiger partial charge in [-0.25, -0.2) is 4.99 Å². The minimum absolute atomic E-state index is 0.00142. The minimum atomic E-state index is -2.81. The number of nitrogens with zero attached hydrogens (tertiary/aromatic N) is 2. The first-order valence-electron chi connectivity index (χ1n) is 8.17. The molecular formula is C17H19BF2N2O4. The van der Waals surface area contributed by atoms with Crippen LogP contribution in [0, 0.1) is 5.92 Å². The van der Waals surface area contributed by atoms with Crippen molar-refractivity contribution in [3.05, 3.63) is 29.5 Å². The number of aliphatic imine (C=N–C) groups is 1. The number of phenolic OH excluding ortho intramolecular Hbond substituents is 1. The van der Waals surface area contributed by atoms with E-state index >= 15 is 0 Å². The van der Waals surface area contributed by atoms with Crippen LogP contribution in [0.5, 0.6) is 5.75 Å². The number of carboxylic acid groups (broad SMARTS) is 1. The van der Waals surface area contributed by atoms with E-state index in [1.165, 1.54) is 23.1 Å². The molecule has 2 rings (SSSR count). The van der Waals surface area contributed by atoms with Crippen molar-refractivity contribution < 1.29 is 28.4 Å². The number of benzene rings is 1. The second kappa shape index (κ2) is 8.12. The van der Waals surface area contributed by atoms with E-state index in [0.717, 1.165) is 6.07 Å². The first-order valence-corrected chi connectivity index (χ1v) is 8.17. The average molecular weight is 364 g/mol. The van der Waals surface area contributed by atoms with Crippen LogP contribution in [0.2, 0.25) is 0 Å². The average Bonchev–Trinajstić information content (AvgIpc) is 2.83. The van der Waals surface area contributed by atoms with E-state index in [1.54, 1.807) is 13.8 Å². The number of halogens is 2. The molecule has 1 aliphatic rings. The van der Waals surface area contributed by atoms with Crippen molar-refractivity contribution in [2.45, 2.75) is 26.7 Å². The van der Waals surface area contributed by atoms with Gasteiger partial charge in [-0.3, -0.25) is 23.1 Å². The molecule has 6 nitrogen and oxygen atoms in total. The van der Waals surface area contributed by atoms with Crippen LogP contribution >= 0.6 is 0 Å². The van der Waals surface area contributed by atoms with Gasteiger partial charge in [0.2, 0.25) is 0 Å². The van der Waals surface area contributed by atoms with E-state index in [9.17, 15) is 23.3 Å². The standard InChI is InChI=1S/C17H19BF2N2O4/c1-3-11(17(25)26)6-7-22-10(2)21-15(16(22)24)8-12-4-5-13(23)9-14(12)18(19)20/h4-5,8-9,11,23H,3,6-7H2,1-2H3,(H,25,26)/b15-8-. The molecule has 1 aromatic rings. The molecule has 138 valence electrons. The number of amidine groups is 1. The van der Waals surface area contributed by atoms with Gasteiger partial charge in [-0.05, 0) is 43.5 Å². The Bertz CT molecular complexity index is 780. The first kappa shape index (κ1) is 19.6. The molecule has 1 atom stereocenters. The Balaban J connectivity index is 2.22. The summed E-state index contributed by atoms with van der Waals surface area (Å²) < 4.78 is 26.3. The summed E-state index contributed by atoms with van der Waals surface area (Å²) in [4.78, 5) is 29.1. The highest BCUT2D eigenvalue weighted by Crippen LogP contribution is 2.21. The Kier molecular flexibility index (Phi) is 6.12. The van der Waals surface area contributed by atoms with Gasteiger partial charge >= 0.3 is 13.2 Å². The normalized spacial score (nSPS) is 16.8. The minimum Gasteiger partial charge on any atom is -0.508 e. The third-order valence-electron chi connectivity index (χ3n) is 4.28. The Morgan fingerprint density at radius 2 is 2.12 bits per heavy atom. The fourth-order valence-corrected chi connectivity index (χ4v) is 2.74. The van der Waals surface area contributed by atoms with E-state index in [4.69, 9.17) is 5.11 Å². The van der Waals surface area contributed by atoms with Crippen molar-refractivity contribution >= 4 is 36.5 Å². The lowest BCUT2D eigenvalue weighted by Crippen LogP contribution is -2.33. The Hall–Kier alpha value is -2.71. The number of amides is 1. The van der Waals surface area contributed by atoms with Crippen LogP contribution < -0.4 is 5.46 Å². The van der Waals surface area contributed by atoms with Crippen molar-refractivity contribution in [1.82, 2.24) is 4.90 Å². The molecule has 1 aliphatic heterocycles. The Labute approximate surface area is 150 Å². The van der Waals surface area contributed by atoms with Crippen molar-refractivity contribution in [2.75, 3.05) is 6.54 Å². The maximum atomic E-state index is 13.1. The zero-order valence-electron chi connectivity index (χ0n) is 14.4. The quantitative estimate of drug-likeness (QED) is 0.573. The van der Waals surface area contributed by atoms with Gasteiger partial charge in [-0.1, -0.05) is 13.0 Å². The predicted molar refractivity (Wildman–Crippen MR) is 94.5 cm³/mol. The summed E-state index contributed by atoms with van der Waals surface area (Å²) in [6.45, 7) is 3.55. The van der Waals surface area contributed by atoms with Gasteiger partial charge in [0.15, 0.2) is 0 Å². The number of aromatic hydroxyl groups is 1. The highest BCUT2D eigenvalue weighted by Gasteiger charge is 2.29. The molecule has 0 saturated heterocycles. The van der Waals surface area contributed by atoms with Crippen LogP contribution in [-0.2, 0) is 9.59 Å². The van der Waals surface area contributed by atoms with Crippen molar-refractivity contribution in [2.24, 2.45) is 10.9 Å². The molecule has 2 N–H and O–H groups in total. The molecule has 0 radical (unpaired) electrons. The van der Waals surface area contributed by atoms with E-state index in [1.807, 2.05) is 0 Å². The summed E-state index contributed by atoms with van der Waals surface area (Å²) in [5.74, 6) is -1.85.